The Labute approximate surface area is 182 Å². The van der Waals surface area contributed by atoms with Crippen LogP contribution in [-0.4, -0.2) is 34.2 Å². The topological polar surface area (TPSA) is 81.1 Å². The van der Waals surface area contributed by atoms with Crippen LogP contribution in [-0.2, 0) is 13.6 Å². The van der Waals surface area contributed by atoms with E-state index in [1.165, 1.54) is 23.5 Å². The summed E-state index contributed by atoms with van der Waals surface area (Å²) in [5.74, 6) is 2.16. The lowest BCUT2D eigenvalue weighted by molar-refractivity contribution is 0.251. The Hall–Kier alpha value is -3.19. The molecule has 31 heavy (non-hydrogen) atoms. The summed E-state index contributed by atoms with van der Waals surface area (Å²) < 4.78 is 7.51. The van der Waals surface area contributed by atoms with Gasteiger partial charge >= 0.3 is 0 Å². The first-order valence-electron chi connectivity index (χ1n) is 10.8. The highest BCUT2D eigenvalue weighted by atomic mass is 16.5. The van der Waals surface area contributed by atoms with Gasteiger partial charge in [0.25, 0.3) is 5.56 Å². The lowest BCUT2D eigenvalue weighted by Crippen LogP contribution is -2.28. The third-order valence-electron chi connectivity index (χ3n) is 5.71. The molecule has 162 valence electrons. The Morgan fingerprint density at radius 3 is 2.77 bits per heavy atom. The number of pyridine rings is 1. The van der Waals surface area contributed by atoms with Gasteiger partial charge in [0, 0.05) is 37.6 Å². The predicted octanol–water partition coefficient (Wildman–Crippen LogP) is 3.22. The minimum Gasteiger partial charge on any atom is -0.494 e. The molecule has 0 radical (unpaired) electrons. The molecule has 2 N–H and O–H groups in total. The molecular formula is C24H29N5O2. The van der Waals surface area contributed by atoms with Crippen LogP contribution in [0.3, 0.4) is 0 Å². The first kappa shape index (κ1) is 21.1. The number of piperidine rings is 1. The summed E-state index contributed by atoms with van der Waals surface area (Å²) in [7, 11) is 1.72. The molecule has 1 aromatic carbocycles. The van der Waals surface area contributed by atoms with E-state index in [1.807, 2.05) is 36.4 Å². The van der Waals surface area contributed by atoms with Gasteiger partial charge in [0.1, 0.15) is 5.75 Å². The minimum absolute atomic E-state index is 0.112. The smallest absolute Gasteiger partial charge is 0.255 e. The average Bonchev–Trinajstić information content (AvgIpc) is 2.81. The fraction of sp³-hybridized carbons (Fsp3) is 0.375. The Kier molecular flexibility index (Phi) is 6.94. The Balaban J connectivity index is 1.38. The summed E-state index contributed by atoms with van der Waals surface area (Å²) >= 11 is 0. The molecule has 0 atom stereocenters. The maximum atomic E-state index is 12.4. The lowest BCUT2D eigenvalue weighted by Gasteiger charge is -2.22. The van der Waals surface area contributed by atoms with Gasteiger partial charge in [-0.15, -0.1) is 0 Å². The zero-order valence-corrected chi connectivity index (χ0v) is 17.9. The second-order valence-electron chi connectivity index (χ2n) is 7.93. The number of rotatable bonds is 8. The zero-order chi connectivity index (χ0) is 21.5. The summed E-state index contributed by atoms with van der Waals surface area (Å²) in [6.45, 7) is 3.52. The van der Waals surface area contributed by atoms with E-state index in [1.54, 1.807) is 19.4 Å². The van der Waals surface area contributed by atoms with E-state index < -0.39 is 0 Å². The summed E-state index contributed by atoms with van der Waals surface area (Å²) in [6, 6.07) is 13.3. The van der Waals surface area contributed by atoms with Crippen molar-refractivity contribution in [1.82, 2.24) is 19.9 Å². The van der Waals surface area contributed by atoms with Crippen LogP contribution >= 0.6 is 0 Å². The molecule has 7 nitrogen and oxygen atoms in total. The molecule has 3 heterocycles. The SMILES string of the molecule is Cn1c(NCc2cccc(OCCC3CCNCC3)c2)nc(-c2ccncc2)cc1=O. The highest BCUT2D eigenvalue weighted by Gasteiger charge is 2.13. The van der Waals surface area contributed by atoms with Gasteiger partial charge in [0.15, 0.2) is 0 Å². The molecule has 3 aromatic rings. The third-order valence-corrected chi connectivity index (χ3v) is 5.71. The van der Waals surface area contributed by atoms with Crippen LogP contribution in [0.4, 0.5) is 5.95 Å². The molecule has 1 fully saturated rings. The van der Waals surface area contributed by atoms with E-state index in [4.69, 9.17) is 4.74 Å². The Bertz CT molecular complexity index is 1050. The second-order valence-corrected chi connectivity index (χ2v) is 7.93. The molecule has 0 spiro atoms. The van der Waals surface area contributed by atoms with Crippen molar-refractivity contribution in [3.63, 3.8) is 0 Å². The van der Waals surface area contributed by atoms with E-state index in [-0.39, 0.29) is 5.56 Å². The van der Waals surface area contributed by atoms with Crippen LogP contribution in [0.5, 0.6) is 5.75 Å². The van der Waals surface area contributed by atoms with Gasteiger partial charge in [-0.25, -0.2) is 4.98 Å². The normalized spacial score (nSPS) is 14.4. The Morgan fingerprint density at radius 2 is 1.97 bits per heavy atom. The molecule has 0 amide bonds. The van der Waals surface area contributed by atoms with Crippen molar-refractivity contribution >= 4 is 5.95 Å². The maximum absolute atomic E-state index is 12.4. The number of ether oxygens (including phenoxy) is 1. The maximum Gasteiger partial charge on any atom is 0.255 e. The summed E-state index contributed by atoms with van der Waals surface area (Å²) in [5.41, 5.74) is 2.45. The van der Waals surface area contributed by atoms with Gasteiger partial charge < -0.3 is 15.4 Å². The monoisotopic (exact) mass is 419 g/mol. The molecule has 0 aliphatic carbocycles. The van der Waals surface area contributed by atoms with Crippen LogP contribution in [0.1, 0.15) is 24.8 Å². The molecule has 1 aliphatic rings. The Morgan fingerprint density at radius 1 is 1.16 bits per heavy atom. The molecule has 1 saturated heterocycles. The molecule has 1 aliphatic heterocycles. The van der Waals surface area contributed by atoms with Gasteiger partial charge in [-0.3, -0.25) is 14.3 Å². The van der Waals surface area contributed by atoms with Crippen molar-refractivity contribution < 1.29 is 4.74 Å². The number of anilines is 1. The van der Waals surface area contributed by atoms with Gasteiger partial charge in [-0.2, -0.15) is 0 Å². The number of nitrogens with zero attached hydrogens (tertiary/aromatic N) is 3. The summed E-state index contributed by atoms with van der Waals surface area (Å²) in [5, 5.41) is 6.69. The number of hydrogen-bond donors (Lipinski definition) is 2. The van der Waals surface area contributed by atoms with Crippen LogP contribution in [0, 0.1) is 5.92 Å². The highest BCUT2D eigenvalue weighted by molar-refractivity contribution is 5.59. The number of hydrogen-bond acceptors (Lipinski definition) is 6. The lowest BCUT2D eigenvalue weighted by atomic mass is 9.95. The molecule has 2 aromatic heterocycles. The van der Waals surface area contributed by atoms with E-state index >= 15 is 0 Å². The van der Waals surface area contributed by atoms with E-state index in [0.29, 0.717) is 18.2 Å². The zero-order valence-electron chi connectivity index (χ0n) is 17.9. The van der Waals surface area contributed by atoms with Gasteiger partial charge in [-0.05, 0) is 68.1 Å². The van der Waals surface area contributed by atoms with E-state index in [0.717, 1.165) is 48.9 Å². The van der Waals surface area contributed by atoms with Crippen molar-refractivity contribution in [3.8, 4) is 17.0 Å². The van der Waals surface area contributed by atoms with Crippen LogP contribution in [0.25, 0.3) is 11.3 Å². The van der Waals surface area contributed by atoms with Crippen molar-refractivity contribution in [2.75, 3.05) is 25.0 Å². The van der Waals surface area contributed by atoms with Crippen molar-refractivity contribution in [2.24, 2.45) is 13.0 Å². The van der Waals surface area contributed by atoms with Gasteiger partial charge in [0.2, 0.25) is 5.95 Å². The molecule has 0 unspecified atom stereocenters. The molecule has 7 heteroatoms. The fourth-order valence-corrected chi connectivity index (χ4v) is 3.81. The van der Waals surface area contributed by atoms with Crippen LogP contribution in [0.15, 0.2) is 59.7 Å². The first-order valence-corrected chi connectivity index (χ1v) is 10.8. The standard InChI is InChI=1S/C24H29N5O2/c1-29-23(30)16-22(20-7-12-26-13-8-20)28-24(29)27-17-19-3-2-4-21(15-19)31-14-9-18-5-10-25-11-6-18/h2-4,7-8,12-13,15-16,18,25H,5-6,9-11,14,17H2,1H3,(H,27,28). The quantitative estimate of drug-likeness (QED) is 0.584. The third kappa shape index (κ3) is 5.70. The van der Waals surface area contributed by atoms with Crippen molar-refractivity contribution in [1.29, 1.82) is 0 Å². The number of aromatic nitrogens is 3. The van der Waals surface area contributed by atoms with Gasteiger partial charge in [0.05, 0.1) is 12.3 Å². The van der Waals surface area contributed by atoms with Crippen molar-refractivity contribution in [3.05, 3.63) is 70.8 Å². The predicted molar refractivity (Wildman–Crippen MR) is 122 cm³/mol. The average molecular weight is 420 g/mol. The number of benzene rings is 1. The van der Waals surface area contributed by atoms with Crippen molar-refractivity contribution in [2.45, 2.75) is 25.8 Å². The molecule has 4 rings (SSSR count). The molecule has 0 bridgehead atoms. The largest absolute Gasteiger partial charge is 0.494 e. The summed E-state index contributed by atoms with van der Waals surface area (Å²) in [6.07, 6.45) is 6.95. The van der Waals surface area contributed by atoms with Crippen LogP contribution < -0.4 is 20.9 Å². The number of nitrogens with one attached hydrogen (secondary N) is 2. The van der Waals surface area contributed by atoms with E-state index in [9.17, 15) is 4.79 Å². The molecular weight excluding hydrogens is 390 g/mol. The highest BCUT2D eigenvalue weighted by Crippen LogP contribution is 2.19. The first-order chi connectivity index (χ1) is 15.2. The minimum atomic E-state index is -0.112. The van der Waals surface area contributed by atoms with Gasteiger partial charge in [-0.1, -0.05) is 12.1 Å². The molecule has 0 saturated carbocycles. The fourth-order valence-electron chi connectivity index (χ4n) is 3.81. The second kappa shape index (κ2) is 10.2. The van der Waals surface area contributed by atoms with E-state index in [2.05, 4.69) is 20.6 Å². The summed E-state index contributed by atoms with van der Waals surface area (Å²) in [4.78, 5) is 21.0. The van der Waals surface area contributed by atoms with Crippen LogP contribution in [0.2, 0.25) is 0 Å².